The molecule has 1 amide bonds. The first kappa shape index (κ1) is 24.8. The second-order valence-electron chi connectivity index (χ2n) is 10.1. The van der Waals surface area contributed by atoms with Crippen molar-refractivity contribution in [2.75, 3.05) is 19.7 Å². The van der Waals surface area contributed by atoms with Gasteiger partial charge in [-0.1, -0.05) is 38.1 Å². The fraction of sp³-hybridized carbons (Fsp3) is 0.393. The van der Waals surface area contributed by atoms with E-state index in [1.165, 1.54) is 16.8 Å². The van der Waals surface area contributed by atoms with Crippen molar-refractivity contribution in [2.24, 2.45) is 5.92 Å². The van der Waals surface area contributed by atoms with E-state index >= 15 is 0 Å². The number of nitrogens with zero attached hydrogens (tertiary/aromatic N) is 3. The molecule has 2 aromatic carbocycles. The number of likely N-dealkylation sites (tertiary alicyclic amines) is 1. The average Bonchev–Trinajstić information content (AvgIpc) is 3.48. The number of aryl methyl sites for hydroxylation is 1. The number of aromatic amines is 2. The molecular formula is C28H32FN5O3. The number of carbonyl (C=O) groups is 1. The number of aromatic nitrogens is 4. The highest BCUT2D eigenvalue weighted by atomic mass is 19.1. The number of hydrogen-bond acceptors (Lipinski definition) is 4. The summed E-state index contributed by atoms with van der Waals surface area (Å²) >= 11 is 0. The molecule has 2 aromatic heterocycles. The molecule has 1 fully saturated rings. The lowest BCUT2D eigenvalue weighted by Gasteiger charge is -2.31. The molecule has 1 aliphatic heterocycles. The van der Waals surface area contributed by atoms with Crippen LogP contribution < -0.4 is 5.56 Å². The lowest BCUT2D eigenvalue weighted by atomic mass is 9.90. The van der Waals surface area contributed by atoms with E-state index in [0.717, 1.165) is 35.1 Å². The highest BCUT2D eigenvalue weighted by Crippen LogP contribution is 2.30. The van der Waals surface area contributed by atoms with Gasteiger partial charge in [0.1, 0.15) is 5.82 Å². The average molecular weight is 506 g/mol. The number of imidazole rings is 1. The zero-order valence-electron chi connectivity index (χ0n) is 21.2. The van der Waals surface area contributed by atoms with Crippen LogP contribution in [0.3, 0.4) is 0 Å². The Bertz CT molecular complexity index is 1400. The summed E-state index contributed by atoms with van der Waals surface area (Å²) in [6.45, 7) is 5.56. The molecule has 0 saturated carbocycles. The third kappa shape index (κ3) is 5.45. The van der Waals surface area contributed by atoms with Crippen molar-refractivity contribution in [1.29, 1.82) is 0 Å². The number of benzene rings is 2. The summed E-state index contributed by atoms with van der Waals surface area (Å²) in [5, 5.41) is 3.34. The van der Waals surface area contributed by atoms with Gasteiger partial charge in [0.2, 0.25) is 5.95 Å². The van der Waals surface area contributed by atoms with E-state index in [0.29, 0.717) is 44.0 Å². The SMILES string of the molecule is CC(C)COC(=O)N1CCC(c2[nH]n(-c3nc4ccccc4[nH]3)c(=O)c2CCc2ccc(F)cc2)CC1. The molecule has 4 aromatic rings. The second kappa shape index (κ2) is 10.6. The molecule has 0 atom stereocenters. The Morgan fingerprint density at radius 2 is 1.84 bits per heavy atom. The van der Waals surface area contributed by atoms with Crippen LogP contribution in [0.1, 0.15) is 49.4 Å². The van der Waals surface area contributed by atoms with Gasteiger partial charge in [-0.25, -0.2) is 14.2 Å². The molecule has 0 aliphatic carbocycles. The van der Waals surface area contributed by atoms with Gasteiger partial charge in [0, 0.05) is 30.3 Å². The summed E-state index contributed by atoms with van der Waals surface area (Å²) in [5.41, 5.74) is 4.03. The third-order valence-electron chi connectivity index (χ3n) is 6.89. The van der Waals surface area contributed by atoms with Crippen LogP contribution in [0.5, 0.6) is 0 Å². The first-order valence-corrected chi connectivity index (χ1v) is 12.8. The van der Waals surface area contributed by atoms with Crippen molar-refractivity contribution in [2.45, 2.75) is 45.4 Å². The van der Waals surface area contributed by atoms with Gasteiger partial charge in [0.25, 0.3) is 5.56 Å². The van der Waals surface area contributed by atoms with Gasteiger partial charge in [-0.15, -0.1) is 0 Å². The fourth-order valence-electron chi connectivity index (χ4n) is 4.86. The van der Waals surface area contributed by atoms with Crippen molar-refractivity contribution < 1.29 is 13.9 Å². The summed E-state index contributed by atoms with van der Waals surface area (Å²) in [5.74, 6) is 0.538. The number of fused-ring (bicyclic) bond motifs is 1. The molecule has 5 rings (SSSR count). The lowest BCUT2D eigenvalue weighted by Crippen LogP contribution is -2.39. The van der Waals surface area contributed by atoms with E-state index in [9.17, 15) is 14.0 Å². The van der Waals surface area contributed by atoms with Crippen LogP contribution in [0.25, 0.3) is 17.0 Å². The molecule has 0 unspecified atom stereocenters. The smallest absolute Gasteiger partial charge is 0.409 e. The Labute approximate surface area is 214 Å². The Morgan fingerprint density at radius 1 is 1.11 bits per heavy atom. The quantitative estimate of drug-likeness (QED) is 0.372. The normalized spacial score (nSPS) is 14.5. The Hall–Kier alpha value is -3.88. The number of nitrogens with one attached hydrogen (secondary N) is 2. The largest absolute Gasteiger partial charge is 0.449 e. The van der Waals surface area contributed by atoms with Gasteiger partial charge >= 0.3 is 6.09 Å². The zero-order valence-corrected chi connectivity index (χ0v) is 21.2. The number of ether oxygens (including phenoxy) is 1. The molecule has 8 nitrogen and oxygen atoms in total. The maximum Gasteiger partial charge on any atom is 0.409 e. The Kier molecular flexibility index (Phi) is 7.12. The highest BCUT2D eigenvalue weighted by Gasteiger charge is 2.29. The molecule has 9 heteroatoms. The summed E-state index contributed by atoms with van der Waals surface area (Å²) in [4.78, 5) is 35.6. The van der Waals surface area contributed by atoms with Crippen LogP contribution in [0.4, 0.5) is 9.18 Å². The number of carbonyl (C=O) groups excluding carboxylic acids is 1. The molecule has 0 spiro atoms. The number of hydrogen-bond donors (Lipinski definition) is 2. The van der Waals surface area contributed by atoms with E-state index in [2.05, 4.69) is 15.1 Å². The van der Waals surface area contributed by atoms with Gasteiger partial charge in [0.05, 0.1) is 17.6 Å². The minimum atomic E-state index is -0.281. The Balaban J connectivity index is 1.41. The monoisotopic (exact) mass is 505 g/mol. The van der Waals surface area contributed by atoms with Gasteiger partial charge < -0.3 is 14.6 Å². The van der Waals surface area contributed by atoms with Gasteiger partial charge in [-0.05, 0) is 61.4 Å². The van der Waals surface area contributed by atoms with Crippen LogP contribution in [0, 0.1) is 11.7 Å². The van der Waals surface area contributed by atoms with E-state index in [4.69, 9.17) is 4.74 Å². The van der Waals surface area contributed by atoms with E-state index in [1.54, 1.807) is 17.0 Å². The fourth-order valence-corrected chi connectivity index (χ4v) is 4.86. The van der Waals surface area contributed by atoms with Crippen LogP contribution in [0.2, 0.25) is 0 Å². The molecular weight excluding hydrogens is 473 g/mol. The van der Waals surface area contributed by atoms with Crippen LogP contribution in [-0.4, -0.2) is 50.4 Å². The number of halogens is 1. The standard InChI is InChI=1S/C28H32FN5O3/c1-18(2)17-37-28(36)33-15-13-20(14-16-33)25-22(12-9-19-7-10-21(29)11-8-19)26(35)34(32-25)27-30-23-5-3-4-6-24(23)31-27/h3-8,10-11,18,20,32H,9,12-17H2,1-2H3,(H,30,31). The molecule has 1 saturated heterocycles. The molecule has 0 bridgehead atoms. The van der Waals surface area contributed by atoms with Gasteiger partial charge in [-0.3, -0.25) is 9.89 Å². The molecule has 0 radical (unpaired) electrons. The molecule has 1 aliphatic rings. The van der Waals surface area contributed by atoms with Crippen molar-refractivity contribution in [3.8, 4) is 5.95 Å². The first-order valence-electron chi connectivity index (χ1n) is 12.8. The summed E-state index contributed by atoms with van der Waals surface area (Å²) < 4.78 is 20.3. The van der Waals surface area contributed by atoms with E-state index in [-0.39, 0.29) is 29.3 Å². The zero-order chi connectivity index (χ0) is 25.9. The van der Waals surface area contributed by atoms with Crippen LogP contribution in [-0.2, 0) is 17.6 Å². The number of rotatable bonds is 7. The molecule has 2 N–H and O–H groups in total. The van der Waals surface area contributed by atoms with Crippen molar-refractivity contribution >= 4 is 17.1 Å². The van der Waals surface area contributed by atoms with Crippen LogP contribution in [0.15, 0.2) is 53.3 Å². The maximum atomic E-state index is 13.6. The summed E-state index contributed by atoms with van der Waals surface area (Å²) in [6.07, 6.45) is 2.29. The van der Waals surface area contributed by atoms with E-state index < -0.39 is 0 Å². The predicted molar refractivity (Wildman–Crippen MR) is 140 cm³/mol. The Morgan fingerprint density at radius 3 is 2.54 bits per heavy atom. The molecule has 3 heterocycles. The first-order chi connectivity index (χ1) is 17.9. The number of amides is 1. The van der Waals surface area contributed by atoms with Crippen molar-refractivity contribution in [1.82, 2.24) is 24.6 Å². The number of H-pyrrole nitrogens is 2. The predicted octanol–water partition coefficient (Wildman–Crippen LogP) is 4.94. The van der Waals surface area contributed by atoms with Crippen LogP contribution >= 0.6 is 0 Å². The topological polar surface area (TPSA) is 96.0 Å². The lowest BCUT2D eigenvalue weighted by molar-refractivity contribution is 0.0832. The summed E-state index contributed by atoms with van der Waals surface area (Å²) in [7, 11) is 0. The second-order valence-corrected chi connectivity index (χ2v) is 10.1. The number of para-hydroxylation sites is 2. The number of piperidine rings is 1. The molecule has 194 valence electrons. The van der Waals surface area contributed by atoms with Gasteiger partial charge in [0.15, 0.2) is 0 Å². The van der Waals surface area contributed by atoms with Crippen molar-refractivity contribution in [3.63, 3.8) is 0 Å². The third-order valence-corrected chi connectivity index (χ3v) is 6.89. The molecule has 37 heavy (non-hydrogen) atoms. The van der Waals surface area contributed by atoms with E-state index in [1.807, 2.05) is 38.1 Å². The van der Waals surface area contributed by atoms with Gasteiger partial charge in [-0.2, -0.15) is 4.68 Å². The van der Waals surface area contributed by atoms with Crippen molar-refractivity contribution in [3.05, 3.63) is 81.5 Å². The minimum Gasteiger partial charge on any atom is -0.449 e. The highest BCUT2D eigenvalue weighted by molar-refractivity contribution is 5.75. The summed E-state index contributed by atoms with van der Waals surface area (Å²) in [6, 6.07) is 14.0. The minimum absolute atomic E-state index is 0.0932. The maximum absolute atomic E-state index is 13.6.